The number of hydrogen-bond acceptors (Lipinski definition) is 3. The van der Waals surface area contributed by atoms with E-state index < -0.39 is 17.4 Å². The zero-order chi connectivity index (χ0) is 13.1. The van der Waals surface area contributed by atoms with E-state index in [2.05, 4.69) is 11.6 Å². The van der Waals surface area contributed by atoms with Crippen molar-refractivity contribution in [2.24, 2.45) is 0 Å². The molecule has 0 radical (unpaired) electrons. The second kappa shape index (κ2) is 5.12. The summed E-state index contributed by atoms with van der Waals surface area (Å²) in [5.41, 5.74) is -0.666. The van der Waals surface area contributed by atoms with E-state index in [-0.39, 0.29) is 18.1 Å². The number of aromatic nitrogens is 1. The Bertz CT molecular complexity index is 414. The Morgan fingerprint density at radius 2 is 2.00 bits per heavy atom. The highest BCUT2D eigenvalue weighted by molar-refractivity contribution is 5.39. The summed E-state index contributed by atoms with van der Waals surface area (Å²) in [6.07, 6.45) is 2.18. The second-order valence-electron chi connectivity index (χ2n) is 4.37. The van der Waals surface area contributed by atoms with Crippen molar-refractivity contribution in [1.82, 2.24) is 4.98 Å². The van der Waals surface area contributed by atoms with Crippen LogP contribution in [0.5, 0.6) is 11.5 Å². The average molecular weight is 243 g/mol. The van der Waals surface area contributed by atoms with E-state index in [1.165, 1.54) is 6.08 Å². The van der Waals surface area contributed by atoms with Gasteiger partial charge in [-0.1, -0.05) is 12.7 Å². The number of pyridine rings is 1. The Morgan fingerprint density at radius 1 is 1.35 bits per heavy atom. The first-order valence-electron chi connectivity index (χ1n) is 5.12. The highest BCUT2D eigenvalue weighted by atomic mass is 19.1. The Morgan fingerprint density at radius 3 is 2.53 bits per heavy atom. The minimum Gasteiger partial charge on any atom is -0.482 e. The third-order valence-electron chi connectivity index (χ3n) is 1.66. The van der Waals surface area contributed by atoms with Crippen LogP contribution < -0.4 is 9.47 Å². The highest BCUT2D eigenvalue weighted by Crippen LogP contribution is 2.34. The van der Waals surface area contributed by atoms with Gasteiger partial charge in [-0.15, -0.1) is 0 Å². The Kier molecular flexibility index (Phi) is 4.04. The predicted molar refractivity (Wildman–Crippen MR) is 60.2 cm³/mol. The maximum absolute atomic E-state index is 13.5. The lowest BCUT2D eigenvalue weighted by Crippen LogP contribution is -2.24. The summed E-state index contributed by atoms with van der Waals surface area (Å²) in [4.78, 5) is 3.24. The molecule has 3 nitrogen and oxygen atoms in total. The van der Waals surface area contributed by atoms with Crippen molar-refractivity contribution in [1.29, 1.82) is 0 Å². The molecule has 0 aliphatic carbocycles. The molecule has 0 saturated carbocycles. The first-order valence-corrected chi connectivity index (χ1v) is 5.12. The number of rotatable bonds is 4. The SMILES string of the molecule is C=CCOc1c(F)ncc(F)c1OC(C)(C)C. The molecule has 94 valence electrons. The predicted octanol–water partition coefficient (Wildman–Crippen LogP) is 3.10. The molecule has 0 atom stereocenters. The summed E-state index contributed by atoms with van der Waals surface area (Å²) in [6.45, 7) is 8.65. The summed E-state index contributed by atoms with van der Waals surface area (Å²) in [5, 5.41) is 0. The third kappa shape index (κ3) is 3.69. The van der Waals surface area contributed by atoms with Crippen molar-refractivity contribution in [2.45, 2.75) is 26.4 Å². The van der Waals surface area contributed by atoms with Crippen molar-refractivity contribution in [3.05, 3.63) is 30.6 Å². The van der Waals surface area contributed by atoms with Gasteiger partial charge in [0.25, 0.3) is 5.95 Å². The smallest absolute Gasteiger partial charge is 0.259 e. The average Bonchev–Trinajstić information content (AvgIpc) is 2.21. The molecule has 1 rings (SSSR count). The van der Waals surface area contributed by atoms with Crippen molar-refractivity contribution in [2.75, 3.05) is 6.61 Å². The molecule has 1 heterocycles. The van der Waals surface area contributed by atoms with Crippen LogP contribution in [-0.2, 0) is 0 Å². The van der Waals surface area contributed by atoms with Crippen LogP contribution in [0.25, 0.3) is 0 Å². The van der Waals surface area contributed by atoms with E-state index >= 15 is 0 Å². The Balaban J connectivity index is 3.14. The van der Waals surface area contributed by atoms with Crippen molar-refractivity contribution in [3.63, 3.8) is 0 Å². The largest absolute Gasteiger partial charge is 0.482 e. The van der Waals surface area contributed by atoms with Crippen LogP contribution in [0.1, 0.15) is 20.8 Å². The maximum atomic E-state index is 13.5. The fraction of sp³-hybridized carbons (Fsp3) is 0.417. The van der Waals surface area contributed by atoms with E-state index in [1.807, 2.05) is 0 Å². The van der Waals surface area contributed by atoms with Gasteiger partial charge in [0.1, 0.15) is 12.2 Å². The van der Waals surface area contributed by atoms with Gasteiger partial charge in [0.15, 0.2) is 5.82 Å². The summed E-state index contributed by atoms with van der Waals surface area (Å²) in [5.74, 6) is -2.28. The first-order chi connectivity index (χ1) is 7.85. The summed E-state index contributed by atoms with van der Waals surface area (Å²) in [7, 11) is 0. The van der Waals surface area contributed by atoms with E-state index in [0.717, 1.165) is 6.20 Å². The van der Waals surface area contributed by atoms with Gasteiger partial charge in [-0.2, -0.15) is 4.39 Å². The van der Waals surface area contributed by atoms with E-state index in [4.69, 9.17) is 9.47 Å². The minimum atomic E-state index is -0.910. The van der Waals surface area contributed by atoms with E-state index in [0.29, 0.717) is 0 Å². The van der Waals surface area contributed by atoms with Gasteiger partial charge >= 0.3 is 0 Å². The number of nitrogens with zero attached hydrogens (tertiary/aromatic N) is 1. The van der Waals surface area contributed by atoms with Gasteiger partial charge in [0.2, 0.25) is 11.5 Å². The lowest BCUT2D eigenvalue weighted by molar-refractivity contribution is 0.115. The molecule has 0 bridgehead atoms. The fourth-order valence-corrected chi connectivity index (χ4v) is 1.10. The molecule has 0 spiro atoms. The summed E-state index contributed by atoms with van der Waals surface area (Å²) in [6, 6.07) is 0. The van der Waals surface area contributed by atoms with Crippen molar-refractivity contribution < 1.29 is 18.3 Å². The van der Waals surface area contributed by atoms with Crippen LogP contribution in [0, 0.1) is 11.8 Å². The zero-order valence-electron chi connectivity index (χ0n) is 10.1. The highest BCUT2D eigenvalue weighted by Gasteiger charge is 2.23. The molecular weight excluding hydrogens is 228 g/mol. The van der Waals surface area contributed by atoms with Crippen molar-refractivity contribution >= 4 is 0 Å². The quantitative estimate of drug-likeness (QED) is 0.601. The molecule has 1 aromatic heterocycles. The molecule has 0 aromatic carbocycles. The molecule has 0 aliphatic rings. The molecule has 0 unspecified atom stereocenters. The molecule has 0 fully saturated rings. The Hall–Kier alpha value is -1.65. The molecular formula is C12H15F2NO2. The molecule has 0 saturated heterocycles. The van der Waals surface area contributed by atoms with Crippen LogP contribution in [0.2, 0.25) is 0 Å². The first kappa shape index (κ1) is 13.4. The van der Waals surface area contributed by atoms with Crippen molar-refractivity contribution in [3.8, 4) is 11.5 Å². The van der Waals surface area contributed by atoms with Crippen LogP contribution in [0.15, 0.2) is 18.9 Å². The molecule has 5 heteroatoms. The van der Waals surface area contributed by atoms with Gasteiger partial charge < -0.3 is 9.47 Å². The standard InChI is InChI=1S/C12H15F2NO2/c1-5-6-16-10-9(17-12(2,3)4)8(13)7-15-11(10)14/h5,7H,1,6H2,2-4H3. The van der Waals surface area contributed by atoms with Crippen LogP contribution >= 0.6 is 0 Å². The van der Waals surface area contributed by atoms with E-state index in [9.17, 15) is 8.78 Å². The minimum absolute atomic E-state index is 0.0442. The van der Waals surface area contributed by atoms with Gasteiger partial charge in [-0.3, -0.25) is 0 Å². The summed E-state index contributed by atoms with van der Waals surface area (Å²) >= 11 is 0. The van der Waals surface area contributed by atoms with Gasteiger partial charge in [0.05, 0.1) is 6.20 Å². The number of hydrogen-bond donors (Lipinski definition) is 0. The molecule has 0 aliphatic heterocycles. The lowest BCUT2D eigenvalue weighted by atomic mass is 10.2. The van der Waals surface area contributed by atoms with Crippen LogP contribution in [0.3, 0.4) is 0 Å². The Labute approximate surface area is 99.1 Å². The molecule has 0 amide bonds. The molecule has 17 heavy (non-hydrogen) atoms. The monoisotopic (exact) mass is 243 g/mol. The van der Waals surface area contributed by atoms with Crippen LogP contribution in [0.4, 0.5) is 8.78 Å². The fourth-order valence-electron chi connectivity index (χ4n) is 1.10. The molecule has 1 aromatic rings. The maximum Gasteiger partial charge on any atom is 0.259 e. The number of halogens is 2. The molecule has 0 N–H and O–H groups in total. The normalized spacial score (nSPS) is 11.1. The topological polar surface area (TPSA) is 31.4 Å². The third-order valence-corrected chi connectivity index (χ3v) is 1.66. The zero-order valence-corrected chi connectivity index (χ0v) is 10.1. The number of ether oxygens (including phenoxy) is 2. The van der Waals surface area contributed by atoms with Gasteiger partial charge in [-0.05, 0) is 20.8 Å². The summed E-state index contributed by atoms with van der Waals surface area (Å²) < 4.78 is 37.3. The second-order valence-corrected chi connectivity index (χ2v) is 4.37. The van der Waals surface area contributed by atoms with Crippen LogP contribution in [-0.4, -0.2) is 17.2 Å². The van der Waals surface area contributed by atoms with E-state index in [1.54, 1.807) is 20.8 Å². The van der Waals surface area contributed by atoms with Gasteiger partial charge in [0, 0.05) is 0 Å². The van der Waals surface area contributed by atoms with Gasteiger partial charge in [-0.25, -0.2) is 9.37 Å². The lowest BCUT2D eigenvalue weighted by Gasteiger charge is -2.23.